The number of alkyl halides is 3. The predicted molar refractivity (Wildman–Crippen MR) is 71.8 cm³/mol. The Morgan fingerprint density at radius 1 is 1.43 bits per heavy atom. The maximum Gasteiger partial charge on any atom is 0.573 e. The molecule has 1 saturated carbocycles. The number of nitrogens with zero attached hydrogens (tertiary/aromatic N) is 1. The first-order valence-corrected chi connectivity index (χ1v) is 6.67. The van der Waals surface area contributed by atoms with Crippen LogP contribution in [0.5, 0.6) is 5.75 Å². The number of nitrogens with two attached hydrogens (primary N) is 1. The summed E-state index contributed by atoms with van der Waals surface area (Å²) in [6.07, 6.45) is -1.40. The van der Waals surface area contributed by atoms with Gasteiger partial charge in [0.25, 0.3) is 5.91 Å². The van der Waals surface area contributed by atoms with Gasteiger partial charge in [-0.25, -0.2) is 0 Å². The lowest BCUT2D eigenvalue weighted by atomic mass is 9.85. The van der Waals surface area contributed by atoms with Crippen LogP contribution >= 0.6 is 0 Å². The number of halogens is 3. The molecule has 2 N–H and O–H groups in total. The number of nitrogen functional groups attached to an aromatic ring is 1. The second-order valence-electron chi connectivity index (χ2n) is 5.28. The molecule has 1 aliphatic carbocycles. The van der Waals surface area contributed by atoms with Crippen LogP contribution in [0, 0.1) is 5.92 Å². The molecule has 21 heavy (non-hydrogen) atoms. The summed E-state index contributed by atoms with van der Waals surface area (Å²) in [4.78, 5) is 13.7. The quantitative estimate of drug-likeness (QED) is 0.870. The zero-order valence-electron chi connectivity index (χ0n) is 11.6. The van der Waals surface area contributed by atoms with Crippen molar-refractivity contribution < 1.29 is 22.7 Å². The molecule has 1 aromatic rings. The van der Waals surface area contributed by atoms with Gasteiger partial charge in [-0.15, -0.1) is 13.2 Å². The molecule has 4 nitrogen and oxygen atoms in total. The second-order valence-corrected chi connectivity index (χ2v) is 5.28. The van der Waals surface area contributed by atoms with Crippen molar-refractivity contribution in [1.29, 1.82) is 0 Å². The molecule has 0 bridgehead atoms. The molecule has 0 spiro atoms. The summed E-state index contributed by atoms with van der Waals surface area (Å²) in [5.41, 5.74) is 5.55. The lowest BCUT2D eigenvalue weighted by Crippen LogP contribution is -2.34. The van der Waals surface area contributed by atoms with E-state index in [9.17, 15) is 18.0 Å². The number of ether oxygens (including phenoxy) is 1. The van der Waals surface area contributed by atoms with Crippen molar-refractivity contribution in [3.63, 3.8) is 0 Å². The first-order valence-electron chi connectivity index (χ1n) is 6.67. The third-order valence-corrected chi connectivity index (χ3v) is 3.59. The van der Waals surface area contributed by atoms with Gasteiger partial charge in [-0.1, -0.05) is 6.42 Å². The van der Waals surface area contributed by atoms with E-state index < -0.39 is 12.1 Å². The molecule has 0 aromatic heterocycles. The maximum atomic E-state index is 12.2. The predicted octanol–water partition coefficient (Wildman–Crippen LogP) is 3.04. The molecule has 1 aromatic carbocycles. The SMILES string of the molecule is CN(CC1CCC1)C(=O)c1ccc(OC(F)(F)F)c(N)c1. The lowest BCUT2D eigenvalue weighted by molar-refractivity contribution is -0.274. The van der Waals surface area contributed by atoms with E-state index in [4.69, 9.17) is 5.73 Å². The maximum absolute atomic E-state index is 12.2. The van der Waals surface area contributed by atoms with Gasteiger partial charge in [0, 0.05) is 19.2 Å². The van der Waals surface area contributed by atoms with E-state index in [-0.39, 0.29) is 17.2 Å². The number of rotatable bonds is 4. The van der Waals surface area contributed by atoms with Gasteiger partial charge in [0.2, 0.25) is 0 Å². The summed E-state index contributed by atoms with van der Waals surface area (Å²) >= 11 is 0. The van der Waals surface area contributed by atoms with Gasteiger partial charge in [0.15, 0.2) is 5.75 Å². The number of benzene rings is 1. The molecule has 7 heteroatoms. The average molecular weight is 302 g/mol. The van der Waals surface area contributed by atoms with Gasteiger partial charge in [-0.2, -0.15) is 0 Å². The van der Waals surface area contributed by atoms with Gasteiger partial charge in [0.05, 0.1) is 5.69 Å². The zero-order chi connectivity index (χ0) is 15.6. The van der Waals surface area contributed by atoms with Gasteiger partial charge in [-0.05, 0) is 37.0 Å². The summed E-state index contributed by atoms with van der Waals surface area (Å²) in [7, 11) is 1.68. The number of anilines is 1. The Hall–Kier alpha value is -1.92. The number of hydrogen-bond donors (Lipinski definition) is 1. The number of carbonyl (C=O) groups is 1. The first-order chi connectivity index (χ1) is 9.76. The van der Waals surface area contributed by atoms with Crippen molar-refractivity contribution >= 4 is 11.6 Å². The van der Waals surface area contributed by atoms with Crippen LogP contribution in [0.3, 0.4) is 0 Å². The van der Waals surface area contributed by atoms with Crippen molar-refractivity contribution in [3.8, 4) is 5.75 Å². The molecule has 2 rings (SSSR count). The van der Waals surface area contributed by atoms with Crippen molar-refractivity contribution in [3.05, 3.63) is 23.8 Å². The van der Waals surface area contributed by atoms with Gasteiger partial charge >= 0.3 is 6.36 Å². The van der Waals surface area contributed by atoms with Crippen LogP contribution in [0.2, 0.25) is 0 Å². The van der Waals surface area contributed by atoms with E-state index in [1.165, 1.54) is 18.6 Å². The van der Waals surface area contributed by atoms with Crippen LogP contribution in [-0.4, -0.2) is 30.8 Å². The number of hydrogen-bond acceptors (Lipinski definition) is 3. The molecule has 0 atom stereocenters. The minimum Gasteiger partial charge on any atom is -0.404 e. The molecular weight excluding hydrogens is 285 g/mol. The average Bonchev–Trinajstić information content (AvgIpc) is 2.33. The van der Waals surface area contributed by atoms with Crippen LogP contribution < -0.4 is 10.5 Å². The minimum atomic E-state index is -4.80. The molecule has 1 fully saturated rings. The normalized spacial score (nSPS) is 15.4. The third kappa shape index (κ3) is 4.03. The molecule has 116 valence electrons. The standard InChI is InChI=1S/C14H17F3N2O2/c1-19(8-9-3-2-4-9)13(20)10-5-6-12(11(18)7-10)21-14(15,16)17/h5-7,9H,2-4,8,18H2,1H3. The van der Waals surface area contributed by atoms with Crippen LogP contribution in [0.25, 0.3) is 0 Å². The molecular formula is C14H17F3N2O2. The fraction of sp³-hybridized carbons (Fsp3) is 0.500. The Bertz CT molecular complexity index is 527. The summed E-state index contributed by atoms with van der Waals surface area (Å²) in [5.74, 6) is -0.239. The third-order valence-electron chi connectivity index (χ3n) is 3.59. The Labute approximate surface area is 120 Å². The molecule has 0 radical (unpaired) electrons. The van der Waals surface area contributed by atoms with E-state index in [0.717, 1.165) is 18.9 Å². The summed E-state index contributed by atoms with van der Waals surface area (Å²) in [5, 5.41) is 0. The van der Waals surface area contributed by atoms with Gasteiger partial charge in [0.1, 0.15) is 0 Å². The molecule has 0 saturated heterocycles. The molecule has 0 heterocycles. The Kier molecular flexibility index (Phi) is 4.29. The fourth-order valence-electron chi connectivity index (χ4n) is 2.27. The van der Waals surface area contributed by atoms with Crippen LogP contribution in [-0.2, 0) is 0 Å². The number of amides is 1. The lowest BCUT2D eigenvalue weighted by Gasteiger charge is -2.30. The molecule has 1 amide bonds. The second kappa shape index (κ2) is 5.83. The fourth-order valence-corrected chi connectivity index (χ4v) is 2.27. The first kappa shape index (κ1) is 15.5. The molecule has 0 aliphatic heterocycles. The zero-order valence-corrected chi connectivity index (χ0v) is 11.6. The van der Waals surface area contributed by atoms with Crippen LogP contribution in [0.4, 0.5) is 18.9 Å². The van der Waals surface area contributed by atoms with Crippen LogP contribution in [0.15, 0.2) is 18.2 Å². The topological polar surface area (TPSA) is 55.6 Å². The highest BCUT2D eigenvalue weighted by atomic mass is 19.4. The minimum absolute atomic E-state index is 0.213. The van der Waals surface area contributed by atoms with E-state index in [1.807, 2.05) is 0 Å². The molecule has 1 aliphatic rings. The Balaban J connectivity index is 2.06. The van der Waals surface area contributed by atoms with Crippen molar-refractivity contribution in [2.24, 2.45) is 5.92 Å². The van der Waals surface area contributed by atoms with E-state index in [2.05, 4.69) is 4.74 Å². The largest absolute Gasteiger partial charge is 0.573 e. The highest BCUT2D eigenvalue weighted by molar-refractivity contribution is 5.95. The van der Waals surface area contributed by atoms with Gasteiger partial charge < -0.3 is 15.4 Å². The number of carbonyl (C=O) groups excluding carboxylic acids is 1. The smallest absolute Gasteiger partial charge is 0.404 e. The summed E-state index contributed by atoms with van der Waals surface area (Å²) < 4.78 is 40.2. The van der Waals surface area contributed by atoms with E-state index in [0.29, 0.717) is 12.5 Å². The Morgan fingerprint density at radius 3 is 2.57 bits per heavy atom. The monoisotopic (exact) mass is 302 g/mol. The van der Waals surface area contributed by atoms with Crippen LogP contribution in [0.1, 0.15) is 29.6 Å². The highest BCUT2D eigenvalue weighted by Gasteiger charge is 2.32. The summed E-state index contributed by atoms with van der Waals surface area (Å²) in [6.45, 7) is 0.652. The van der Waals surface area contributed by atoms with Crippen molar-refractivity contribution in [2.75, 3.05) is 19.3 Å². The van der Waals surface area contributed by atoms with Crippen molar-refractivity contribution in [1.82, 2.24) is 4.90 Å². The van der Waals surface area contributed by atoms with Gasteiger partial charge in [-0.3, -0.25) is 4.79 Å². The molecule has 0 unspecified atom stereocenters. The highest BCUT2D eigenvalue weighted by Crippen LogP contribution is 2.30. The summed E-state index contributed by atoms with van der Waals surface area (Å²) in [6, 6.07) is 3.56. The van der Waals surface area contributed by atoms with E-state index >= 15 is 0 Å². The van der Waals surface area contributed by atoms with E-state index in [1.54, 1.807) is 11.9 Å². The Morgan fingerprint density at radius 2 is 2.10 bits per heavy atom. The van der Waals surface area contributed by atoms with Crippen molar-refractivity contribution in [2.45, 2.75) is 25.6 Å².